The Kier molecular flexibility index (Phi) is 4.98. The summed E-state index contributed by atoms with van der Waals surface area (Å²) in [6.07, 6.45) is 2.84. The first-order valence-corrected chi connectivity index (χ1v) is 6.54. The van der Waals surface area contributed by atoms with Crippen LogP contribution in [0.1, 0.15) is 11.1 Å². The van der Waals surface area contributed by atoms with Crippen LogP contribution in [-0.4, -0.2) is 13.3 Å². The van der Waals surface area contributed by atoms with Crippen molar-refractivity contribution in [2.45, 2.75) is 6.61 Å². The van der Waals surface area contributed by atoms with E-state index in [2.05, 4.69) is 27.3 Å². The highest BCUT2D eigenvalue weighted by Gasteiger charge is 1.97. The first-order valence-electron chi connectivity index (χ1n) is 5.75. The van der Waals surface area contributed by atoms with Gasteiger partial charge in [0.2, 0.25) is 0 Å². The van der Waals surface area contributed by atoms with Gasteiger partial charge in [-0.25, -0.2) is 0 Å². The standard InChI is InChI=1S/C15H13BrNO2/c1-18-14-7-4-5-12(9-14)11-19-17-10-13-6-2-3-8-15(13)16/h2-9H,11H2,1H3. The Bertz CT molecular complexity index is 570. The largest absolute Gasteiger partial charge is 0.497 e. The minimum atomic E-state index is 0.384. The van der Waals surface area contributed by atoms with Crippen LogP contribution in [-0.2, 0) is 11.4 Å². The van der Waals surface area contributed by atoms with Crippen LogP contribution in [0.5, 0.6) is 5.75 Å². The summed E-state index contributed by atoms with van der Waals surface area (Å²) in [5, 5.41) is 3.83. The first-order chi connectivity index (χ1) is 9.29. The van der Waals surface area contributed by atoms with Gasteiger partial charge in [0, 0.05) is 10.0 Å². The highest BCUT2D eigenvalue weighted by Crippen LogP contribution is 2.15. The molecule has 0 atom stereocenters. The van der Waals surface area contributed by atoms with Gasteiger partial charge in [-0.05, 0) is 23.8 Å². The number of hydrogen-bond acceptors (Lipinski definition) is 3. The van der Waals surface area contributed by atoms with Gasteiger partial charge in [-0.15, -0.1) is 0 Å². The van der Waals surface area contributed by atoms with Gasteiger partial charge in [0.1, 0.15) is 18.6 Å². The molecule has 1 radical (unpaired) electrons. The molecule has 0 N–H and O–H groups in total. The van der Waals surface area contributed by atoms with Crippen molar-refractivity contribution in [3.05, 3.63) is 64.1 Å². The maximum atomic E-state index is 5.22. The number of ether oxygens (including phenoxy) is 1. The van der Waals surface area contributed by atoms with E-state index in [1.54, 1.807) is 7.11 Å². The summed E-state index contributed by atoms with van der Waals surface area (Å²) in [5.74, 6) is 0.805. The van der Waals surface area contributed by atoms with Gasteiger partial charge in [-0.2, -0.15) is 0 Å². The number of hydrogen-bond donors (Lipinski definition) is 0. The van der Waals surface area contributed by atoms with Gasteiger partial charge >= 0.3 is 0 Å². The highest BCUT2D eigenvalue weighted by molar-refractivity contribution is 9.10. The maximum absolute atomic E-state index is 5.22. The molecular weight excluding hydrogens is 306 g/mol. The summed E-state index contributed by atoms with van der Waals surface area (Å²) in [7, 11) is 1.64. The van der Waals surface area contributed by atoms with Crippen molar-refractivity contribution in [1.82, 2.24) is 0 Å². The molecule has 2 aromatic rings. The number of halogens is 1. The molecule has 3 nitrogen and oxygen atoms in total. The molecule has 0 aliphatic carbocycles. The molecule has 0 saturated carbocycles. The van der Waals surface area contributed by atoms with E-state index >= 15 is 0 Å². The second kappa shape index (κ2) is 6.95. The third-order valence-corrected chi connectivity index (χ3v) is 3.16. The number of benzene rings is 2. The Morgan fingerprint density at radius 3 is 2.79 bits per heavy atom. The van der Waals surface area contributed by atoms with Crippen molar-refractivity contribution < 1.29 is 9.57 Å². The molecule has 0 saturated heterocycles. The Morgan fingerprint density at radius 2 is 2.00 bits per heavy atom. The summed E-state index contributed by atoms with van der Waals surface area (Å²) in [5.41, 5.74) is 1.85. The fourth-order valence-corrected chi connectivity index (χ4v) is 1.88. The minimum Gasteiger partial charge on any atom is -0.497 e. The van der Waals surface area contributed by atoms with Gasteiger partial charge < -0.3 is 9.57 Å². The smallest absolute Gasteiger partial charge is 0.142 e. The lowest BCUT2D eigenvalue weighted by Crippen LogP contribution is -1.90. The quantitative estimate of drug-likeness (QED) is 0.618. The minimum absolute atomic E-state index is 0.384. The monoisotopic (exact) mass is 318 g/mol. The van der Waals surface area contributed by atoms with Crippen LogP contribution in [0.3, 0.4) is 0 Å². The summed E-state index contributed by atoms with van der Waals surface area (Å²) in [6, 6.07) is 15.4. The van der Waals surface area contributed by atoms with Crippen molar-refractivity contribution >= 4 is 22.1 Å². The SMILES string of the molecule is COc1cccc(CO/N=[C]\c2ccccc2Br)c1. The molecule has 97 valence electrons. The van der Waals surface area contributed by atoms with E-state index in [1.165, 1.54) is 0 Å². The van der Waals surface area contributed by atoms with E-state index in [1.807, 2.05) is 48.5 Å². The lowest BCUT2D eigenvalue weighted by atomic mass is 10.2. The van der Waals surface area contributed by atoms with Crippen molar-refractivity contribution in [1.29, 1.82) is 0 Å². The van der Waals surface area contributed by atoms with Crippen molar-refractivity contribution in [2.75, 3.05) is 7.11 Å². The molecule has 4 heteroatoms. The molecule has 0 amide bonds. The number of rotatable bonds is 5. The van der Waals surface area contributed by atoms with E-state index in [4.69, 9.17) is 9.57 Å². The first kappa shape index (κ1) is 13.6. The van der Waals surface area contributed by atoms with Crippen LogP contribution >= 0.6 is 15.9 Å². The van der Waals surface area contributed by atoms with E-state index in [9.17, 15) is 0 Å². The normalized spacial score (nSPS) is 10.6. The van der Waals surface area contributed by atoms with Crippen LogP contribution in [0.25, 0.3) is 0 Å². The third-order valence-electron chi connectivity index (χ3n) is 2.47. The second-order valence-electron chi connectivity index (χ2n) is 3.81. The average molecular weight is 319 g/mol. The molecule has 2 aromatic carbocycles. The molecule has 0 unspecified atom stereocenters. The fourth-order valence-electron chi connectivity index (χ4n) is 1.50. The molecule has 0 heterocycles. The molecular formula is C15H13BrNO2. The van der Waals surface area contributed by atoms with Crippen LogP contribution in [0.4, 0.5) is 0 Å². The van der Waals surface area contributed by atoms with Crippen LogP contribution in [0.15, 0.2) is 58.2 Å². The second-order valence-corrected chi connectivity index (χ2v) is 4.66. The van der Waals surface area contributed by atoms with E-state index in [0.717, 1.165) is 21.3 Å². The zero-order valence-electron chi connectivity index (χ0n) is 10.5. The van der Waals surface area contributed by atoms with E-state index < -0.39 is 0 Å². The summed E-state index contributed by atoms with van der Waals surface area (Å²) in [4.78, 5) is 5.22. The molecule has 0 aromatic heterocycles. The molecule has 0 aliphatic rings. The Labute approximate surface area is 121 Å². The van der Waals surface area contributed by atoms with Crippen molar-refractivity contribution in [3.8, 4) is 5.75 Å². The predicted octanol–water partition coefficient (Wildman–Crippen LogP) is 3.89. The van der Waals surface area contributed by atoms with Crippen LogP contribution < -0.4 is 4.74 Å². The van der Waals surface area contributed by atoms with Gasteiger partial charge in [0.15, 0.2) is 0 Å². The lowest BCUT2D eigenvalue weighted by molar-refractivity contribution is 0.132. The lowest BCUT2D eigenvalue weighted by Gasteiger charge is -2.03. The third kappa shape index (κ3) is 4.10. The summed E-state index contributed by atoms with van der Waals surface area (Å²) >= 11 is 3.42. The van der Waals surface area contributed by atoms with Gasteiger partial charge in [-0.3, -0.25) is 0 Å². The molecule has 0 bridgehead atoms. The van der Waals surface area contributed by atoms with Gasteiger partial charge in [0.05, 0.1) is 7.11 Å². The number of nitrogens with zero attached hydrogens (tertiary/aromatic N) is 1. The zero-order valence-corrected chi connectivity index (χ0v) is 12.1. The van der Waals surface area contributed by atoms with Gasteiger partial charge in [0.25, 0.3) is 0 Å². The molecule has 0 aliphatic heterocycles. The van der Waals surface area contributed by atoms with E-state index in [-0.39, 0.29) is 0 Å². The highest BCUT2D eigenvalue weighted by atomic mass is 79.9. The Balaban J connectivity index is 1.91. The number of methoxy groups -OCH3 is 1. The summed E-state index contributed by atoms with van der Waals surface area (Å²) < 4.78 is 6.07. The molecule has 19 heavy (non-hydrogen) atoms. The zero-order chi connectivity index (χ0) is 13.5. The average Bonchev–Trinajstić information content (AvgIpc) is 2.45. The van der Waals surface area contributed by atoms with Crippen molar-refractivity contribution in [2.24, 2.45) is 5.16 Å². The topological polar surface area (TPSA) is 30.8 Å². The molecule has 2 rings (SSSR count). The van der Waals surface area contributed by atoms with Crippen LogP contribution in [0, 0.1) is 0 Å². The maximum Gasteiger partial charge on any atom is 0.142 e. The van der Waals surface area contributed by atoms with Crippen LogP contribution in [0.2, 0.25) is 0 Å². The van der Waals surface area contributed by atoms with Gasteiger partial charge in [-0.1, -0.05) is 51.4 Å². The summed E-state index contributed by atoms with van der Waals surface area (Å²) in [6.45, 7) is 0.384. The molecule has 0 spiro atoms. The Morgan fingerprint density at radius 1 is 1.16 bits per heavy atom. The molecule has 0 fully saturated rings. The van der Waals surface area contributed by atoms with E-state index in [0.29, 0.717) is 6.61 Å². The predicted molar refractivity (Wildman–Crippen MR) is 78.5 cm³/mol. The fraction of sp³-hybridized carbons (Fsp3) is 0.133. The Hall–Kier alpha value is -1.81. The van der Waals surface area contributed by atoms with Crippen molar-refractivity contribution in [3.63, 3.8) is 0 Å².